The fourth-order valence-electron chi connectivity index (χ4n) is 3.32. The number of aryl methyl sites for hydroxylation is 1. The van der Waals surface area contributed by atoms with Crippen LogP contribution in [-0.4, -0.2) is 55.5 Å². The van der Waals surface area contributed by atoms with Gasteiger partial charge in [-0.05, 0) is 38.1 Å². The van der Waals surface area contributed by atoms with Crippen LogP contribution in [0.5, 0.6) is 5.75 Å². The third kappa shape index (κ3) is 5.98. The minimum absolute atomic E-state index is 0.0742. The van der Waals surface area contributed by atoms with Gasteiger partial charge in [0.05, 0.1) is 0 Å². The molecule has 6 heteroatoms. The highest BCUT2D eigenvalue weighted by Gasteiger charge is 2.21. The van der Waals surface area contributed by atoms with Crippen LogP contribution < -0.4 is 15.0 Å². The Kier molecular flexibility index (Phi) is 7.11. The number of anilines is 1. The molecule has 1 aliphatic heterocycles. The number of hydrogen-bond donors (Lipinski definition) is 1. The lowest BCUT2D eigenvalue weighted by Crippen LogP contribution is -2.49. The highest BCUT2D eigenvalue weighted by atomic mass is 16.5. The minimum Gasteiger partial charge on any atom is -0.481 e. The van der Waals surface area contributed by atoms with Gasteiger partial charge in [-0.25, -0.2) is 0 Å². The average molecular weight is 396 g/mol. The topological polar surface area (TPSA) is 61.9 Å². The van der Waals surface area contributed by atoms with Crippen molar-refractivity contribution in [2.75, 3.05) is 37.6 Å². The molecule has 2 aromatic rings. The summed E-state index contributed by atoms with van der Waals surface area (Å²) in [4.78, 5) is 28.8. The van der Waals surface area contributed by atoms with Crippen LogP contribution in [0.2, 0.25) is 0 Å². The molecule has 1 aliphatic rings. The number of piperazine rings is 1. The number of amides is 2. The number of carbonyl (C=O) groups excluding carboxylic acids is 2. The predicted molar refractivity (Wildman–Crippen MR) is 114 cm³/mol. The molecule has 1 N–H and O–H groups in total. The molecule has 1 atom stereocenters. The Morgan fingerprint density at radius 1 is 1.00 bits per heavy atom. The van der Waals surface area contributed by atoms with Gasteiger partial charge < -0.3 is 19.9 Å². The van der Waals surface area contributed by atoms with Gasteiger partial charge in [-0.3, -0.25) is 9.59 Å². The molecule has 6 nitrogen and oxygen atoms in total. The van der Waals surface area contributed by atoms with Crippen LogP contribution in [0.3, 0.4) is 0 Å². The molecule has 0 radical (unpaired) electrons. The lowest BCUT2D eigenvalue weighted by atomic mass is 10.2. The van der Waals surface area contributed by atoms with E-state index in [1.165, 1.54) is 5.69 Å². The van der Waals surface area contributed by atoms with E-state index in [1.54, 1.807) is 6.92 Å². The van der Waals surface area contributed by atoms with Gasteiger partial charge >= 0.3 is 0 Å². The van der Waals surface area contributed by atoms with E-state index in [1.807, 2.05) is 54.3 Å². The molecule has 0 aliphatic carbocycles. The largest absolute Gasteiger partial charge is 0.481 e. The van der Waals surface area contributed by atoms with Crippen molar-refractivity contribution < 1.29 is 14.3 Å². The molecule has 0 aromatic heterocycles. The summed E-state index contributed by atoms with van der Waals surface area (Å²) in [5, 5.41) is 2.80. The first-order valence-electron chi connectivity index (χ1n) is 10.1. The van der Waals surface area contributed by atoms with E-state index in [2.05, 4.69) is 22.3 Å². The summed E-state index contributed by atoms with van der Waals surface area (Å²) in [7, 11) is 0. The Labute approximate surface area is 172 Å². The van der Waals surface area contributed by atoms with E-state index in [0.29, 0.717) is 31.8 Å². The first-order valence-corrected chi connectivity index (χ1v) is 10.1. The van der Waals surface area contributed by atoms with Crippen LogP contribution in [0.4, 0.5) is 5.69 Å². The summed E-state index contributed by atoms with van der Waals surface area (Å²) in [5.74, 6) is 0.517. The van der Waals surface area contributed by atoms with E-state index in [-0.39, 0.29) is 11.8 Å². The lowest BCUT2D eigenvalue weighted by molar-refractivity contribution is -0.131. The van der Waals surface area contributed by atoms with Crippen LogP contribution in [0.15, 0.2) is 54.6 Å². The van der Waals surface area contributed by atoms with E-state index >= 15 is 0 Å². The molecule has 3 rings (SSSR count). The van der Waals surface area contributed by atoms with E-state index in [0.717, 1.165) is 18.7 Å². The summed E-state index contributed by atoms with van der Waals surface area (Å²) in [6.45, 7) is 7.08. The normalized spacial score (nSPS) is 15.0. The quantitative estimate of drug-likeness (QED) is 0.783. The Bertz CT molecular complexity index is 800. The summed E-state index contributed by atoms with van der Waals surface area (Å²) < 4.78 is 5.65. The van der Waals surface area contributed by atoms with E-state index < -0.39 is 6.10 Å². The number of rotatable bonds is 7. The fourth-order valence-corrected chi connectivity index (χ4v) is 3.32. The number of hydrogen-bond acceptors (Lipinski definition) is 4. The van der Waals surface area contributed by atoms with Gasteiger partial charge in [0.1, 0.15) is 5.75 Å². The summed E-state index contributed by atoms with van der Waals surface area (Å²) in [5.41, 5.74) is 2.33. The second-order valence-corrected chi connectivity index (χ2v) is 7.32. The molecule has 0 spiro atoms. The molecule has 1 heterocycles. The molecule has 0 saturated carbocycles. The minimum atomic E-state index is -0.609. The summed E-state index contributed by atoms with van der Waals surface area (Å²) >= 11 is 0. The zero-order valence-electron chi connectivity index (χ0n) is 17.1. The maximum absolute atomic E-state index is 12.4. The zero-order valence-corrected chi connectivity index (χ0v) is 17.1. The van der Waals surface area contributed by atoms with Crippen molar-refractivity contribution in [3.63, 3.8) is 0 Å². The Hall–Kier alpha value is -3.02. The van der Waals surface area contributed by atoms with Crippen molar-refractivity contribution in [2.24, 2.45) is 0 Å². The number of ether oxygens (including phenoxy) is 1. The van der Waals surface area contributed by atoms with Crippen LogP contribution in [0.25, 0.3) is 0 Å². The Morgan fingerprint density at radius 3 is 2.31 bits per heavy atom. The van der Waals surface area contributed by atoms with Gasteiger partial charge in [0.25, 0.3) is 5.91 Å². The summed E-state index contributed by atoms with van der Waals surface area (Å²) in [6.07, 6.45) is -0.309. The number of nitrogens with one attached hydrogen (secondary N) is 1. The van der Waals surface area contributed by atoms with Gasteiger partial charge in [0.15, 0.2) is 6.10 Å². The standard InChI is InChI=1S/C23H29N3O3/c1-18-8-10-21(11-9-18)29-19(2)23(28)24-13-12-22(27)26-16-14-25(15-17-26)20-6-4-3-5-7-20/h3-11,19H,12-17H2,1-2H3,(H,24,28). The molecular weight excluding hydrogens is 366 g/mol. The van der Waals surface area contributed by atoms with Crippen molar-refractivity contribution >= 4 is 17.5 Å². The van der Waals surface area contributed by atoms with Gasteiger partial charge in [-0.15, -0.1) is 0 Å². The average Bonchev–Trinajstić information content (AvgIpc) is 2.76. The van der Waals surface area contributed by atoms with Crippen molar-refractivity contribution in [2.45, 2.75) is 26.4 Å². The number of nitrogens with zero attached hydrogens (tertiary/aromatic N) is 2. The van der Waals surface area contributed by atoms with E-state index in [4.69, 9.17) is 4.74 Å². The molecule has 1 unspecified atom stereocenters. The van der Waals surface area contributed by atoms with Gasteiger partial charge in [-0.1, -0.05) is 35.9 Å². The molecule has 2 amide bonds. The molecular formula is C23H29N3O3. The molecule has 29 heavy (non-hydrogen) atoms. The molecule has 154 valence electrons. The van der Waals surface area contributed by atoms with E-state index in [9.17, 15) is 9.59 Å². The highest BCUT2D eigenvalue weighted by molar-refractivity contribution is 5.82. The SMILES string of the molecule is Cc1ccc(OC(C)C(=O)NCCC(=O)N2CCN(c3ccccc3)CC2)cc1. The van der Waals surface area contributed by atoms with Crippen LogP contribution in [0.1, 0.15) is 18.9 Å². The highest BCUT2D eigenvalue weighted by Crippen LogP contribution is 2.16. The maximum atomic E-state index is 12.4. The number of benzene rings is 2. The van der Waals surface area contributed by atoms with Crippen LogP contribution in [0, 0.1) is 6.92 Å². The molecule has 0 bridgehead atoms. The Morgan fingerprint density at radius 2 is 1.66 bits per heavy atom. The fraction of sp³-hybridized carbons (Fsp3) is 0.391. The number of para-hydroxylation sites is 1. The molecule has 2 aromatic carbocycles. The zero-order chi connectivity index (χ0) is 20.6. The first-order chi connectivity index (χ1) is 14.0. The third-order valence-electron chi connectivity index (χ3n) is 5.09. The van der Waals surface area contributed by atoms with Crippen LogP contribution in [-0.2, 0) is 9.59 Å². The smallest absolute Gasteiger partial charge is 0.260 e. The van der Waals surface area contributed by atoms with Gasteiger partial charge in [-0.2, -0.15) is 0 Å². The second kappa shape index (κ2) is 9.96. The van der Waals surface area contributed by atoms with Crippen molar-refractivity contribution in [3.05, 3.63) is 60.2 Å². The lowest BCUT2D eigenvalue weighted by Gasteiger charge is -2.36. The van der Waals surface area contributed by atoms with Crippen LogP contribution >= 0.6 is 0 Å². The van der Waals surface area contributed by atoms with Gasteiger partial charge in [0, 0.05) is 44.8 Å². The molecule has 1 fully saturated rings. The molecule has 1 saturated heterocycles. The second-order valence-electron chi connectivity index (χ2n) is 7.32. The Balaban J connectivity index is 1.36. The van der Waals surface area contributed by atoms with Gasteiger partial charge in [0.2, 0.25) is 5.91 Å². The number of carbonyl (C=O) groups is 2. The van der Waals surface area contributed by atoms with Crippen molar-refractivity contribution in [1.82, 2.24) is 10.2 Å². The third-order valence-corrected chi connectivity index (χ3v) is 5.09. The predicted octanol–water partition coefficient (Wildman–Crippen LogP) is 2.62. The van der Waals surface area contributed by atoms with Crippen molar-refractivity contribution in [1.29, 1.82) is 0 Å². The first kappa shape index (κ1) is 20.7. The van der Waals surface area contributed by atoms with Crippen molar-refractivity contribution in [3.8, 4) is 5.75 Å². The maximum Gasteiger partial charge on any atom is 0.260 e. The summed E-state index contributed by atoms with van der Waals surface area (Å²) in [6, 6.07) is 17.8. The monoisotopic (exact) mass is 395 g/mol.